The van der Waals surface area contributed by atoms with Gasteiger partial charge in [0.25, 0.3) is 0 Å². The van der Waals surface area contributed by atoms with Crippen LogP contribution >= 0.6 is 0 Å². The largest absolute Gasteiger partial charge is 0.366 e. The number of urea groups is 1. The van der Waals surface area contributed by atoms with Gasteiger partial charge in [-0.3, -0.25) is 9.67 Å². The summed E-state index contributed by atoms with van der Waals surface area (Å²) in [6, 6.07) is 4.01. The number of hydrogen-bond acceptors (Lipinski definition) is 5. The van der Waals surface area contributed by atoms with E-state index in [1.807, 2.05) is 18.9 Å². The number of aromatic nitrogens is 3. The van der Waals surface area contributed by atoms with Gasteiger partial charge in [0, 0.05) is 51.9 Å². The Morgan fingerprint density at radius 2 is 1.71 bits per heavy atom. The second-order valence-corrected chi connectivity index (χ2v) is 8.67. The van der Waals surface area contributed by atoms with E-state index in [9.17, 15) is 18.0 Å². The van der Waals surface area contributed by atoms with Crippen LogP contribution in [0.3, 0.4) is 0 Å². The van der Waals surface area contributed by atoms with Crippen molar-refractivity contribution in [2.45, 2.75) is 19.4 Å². The van der Waals surface area contributed by atoms with Crippen molar-refractivity contribution in [3.63, 3.8) is 0 Å². The molecule has 182 valence electrons. The van der Waals surface area contributed by atoms with E-state index in [2.05, 4.69) is 15.2 Å². The molecule has 4 heterocycles. The molecule has 0 spiro atoms. The maximum Gasteiger partial charge on any atom is 0.341 e. The van der Waals surface area contributed by atoms with Crippen molar-refractivity contribution in [1.29, 1.82) is 0 Å². The summed E-state index contributed by atoms with van der Waals surface area (Å²) in [5.74, 6) is -1.84. The van der Waals surface area contributed by atoms with Gasteiger partial charge in [0.15, 0.2) is 5.82 Å². The van der Waals surface area contributed by atoms with Crippen molar-refractivity contribution in [1.82, 2.24) is 24.7 Å². The van der Waals surface area contributed by atoms with Gasteiger partial charge >= 0.3 is 6.03 Å². The number of hydrazone groups is 1. The number of anilines is 1. The van der Waals surface area contributed by atoms with E-state index in [0.29, 0.717) is 49.5 Å². The smallest absolute Gasteiger partial charge is 0.341 e. The third-order valence-electron chi connectivity index (χ3n) is 6.39. The number of carbonyl (C=O) groups excluding carboxylic acids is 1. The highest BCUT2D eigenvalue weighted by molar-refractivity contribution is 5.79. The maximum atomic E-state index is 14.7. The molecule has 1 saturated heterocycles. The van der Waals surface area contributed by atoms with Crippen LogP contribution in [0.25, 0.3) is 11.4 Å². The molecular weight excluding hydrogens is 459 g/mol. The third-order valence-corrected chi connectivity index (χ3v) is 6.39. The highest BCUT2D eigenvalue weighted by Crippen LogP contribution is 2.31. The van der Waals surface area contributed by atoms with E-state index >= 15 is 0 Å². The van der Waals surface area contributed by atoms with Crippen LogP contribution < -0.4 is 4.90 Å². The van der Waals surface area contributed by atoms with Crippen LogP contribution in [0.2, 0.25) is 0 Å². The summed E-state index contributed by atoms with van der Waals surface area (Å²) in [4.78, 5) is 20.9. The van der Waals surface area contributed by atoms with Crippen LogP contribution in [0.1, 0.15) is 23.6 Å². The second-order valence-electron chi connectivity index (χ2n) is 8.67. The molecule has 0 aliphatic carbocycles. The van der Waals surface area contributed by atoms with Crippen molar-refractivity contribution in [3.8, 4) is 11.4 Å². The minimum atomic E-state index is -0.701. The zero-order valence-electron chi connectivity index (χ0n) is 19.3. The number of nitrogens with zero attached hydrogens (tertiary/aromatic N) is 7. The number of amides is 2. The summed E-state index contributed by atoms with van der Waals surface area (Å²) >= 11 is 0. The first-order chi connectivity index (χ1) is 16.8. The average molecular weight is 483 g/mol. The van der Waals surface area contributed by atoms with E-state index in [1.54, 1.807) is 28.1 Å². The van der Waals surface area contributed by atoms with Gasteiger partial charge in [0.1, 0.15) is 11.6 Å². The molecule has 1 fully saturated rings. The molecule has 0 saturated carbocycles. The minimum Gasteiger partial charge on any atom is -0.366 e. The normalized spacial score (nSPS) is 18.0. The van der Waals surface area contributed by atoms with E-state index in [-0.39, 0.29) is 6.03 Å². The number of pyridine rings is 1. The average Bonchev–Trinajstić information content (AvgIpc) is 3.45. The zero-order chi connectivity index (χ0) is 24.7. The first kappa shape index (κ1) is 22.9. The standard InChI is InChI=1S/C24H24F3N7O/c1-15-13-30-31(2)23(15)20-12-22(19(27)14-28-20)32-5-7-33(8-6-32)24(35)34-21(3-4-29-34)16-9-17(25)11-18(26)10-16/h4,9-14,21H,3,5-8H2,1-2H3. The first-order valence-electron chi connectivity index (χ1n) is 11.3. The van der Waals surface area contributed by atoms with Gasteiger partial charge in [-0.25, -0.2) is 23.0 Å². The lowest BCUT2D eigenvalue weighted by Gasteiger charge is -2.38. The zero-order valence-corrected chi connectivity index (χ0v) is 19.3. The van der Waals surface area contributed by atoms with Crippen molar-refractivity contribution >= 4 is 17.9 Å². The molecular formula is C24H24F3N7O. The molecule has 2 aliphatic rings. The van der Waals surface area contributed by atoms with Gasteiger partial charge in [-0.15, -0.1) is 0 Å². The Kier molecular flexibility index (Phi) is 5.91. The molecule has 8 nitrogen and oxygen atoms in total. The minimum absolute atomic E-state index is 0.344. The van der Waals surface area contributed by atoms with Gasteiger partial charge in [0.05, 0.1) is 35.5 Å². The van der Waals surface area contributed by atoms with Crippen LogP contribution in [-0.2, 0) is 7.05 Å². The fourth-order valence-corrected chi connectivity index (χ4v) is 4.64. The highest BCUT2D eigenvalue weighted by Gasteiger charge is 2.34. The summed E-state index contributed by atoms with van der Waals surface area (Å²) in [5.41, 5.74) is 3.13. The monoisotopic (exact) mass is 483 g/mol. The SMILES string of the molecule is Cc1cnn(C)c1-c1cc(N2CCN(C(=O)N3N=CCC3c3cc(F)cc(F)c3)CC2)c(F)cn1. The van der Waals surface area contributed by atoms with E-state index < -0.39 is 23.5 Å². The molecule has 35 heavy (non-hydrogen) atoms. The molecule has 2 amide bonds. The number of carbonyl (C=O) groups is 1. The van der Waals surface area contributed by atoms with E-state index in [0.717, 1.165) is 17.3 Å². The first-order valence-corrected chi connectivity index (χ1v) is 11.3. The predicted octanol–water partition coefficient (Wildman–Crippen LogP) is 3.88. The lowest BCUT2D eigenvalue weighted by atomic mass is 10.0. The molecule has 2 aromatic heterocycles. The highest BCUT2D eigenvalue weighted by atomic mass is 19.1. The van der Waals surface area contributed by atoms with Crippen molar-refractivity contribution in [3.05, 3.63) is 65.2 Å². The Morgan fingerprint density at radius 3 is 2.37 bits per heavy atom. The summed E-state index contributed by atoms with van der Waals surface area (Å²) < 4.78 is 43.9. The number of halogens is 3. The lowest BCUT2D eigenvalue weighted by Crippen LogP contribution is -2.52. The van der Waals surface area contributed by atoms with E-state index in [1.165, 1.54) is 23.3 Å². The van der Waals surface area contributed by atoms with Crippen molar-refractivity contribution < 1.29 is 18.0 Å². The van der Waals surface area contributed by atoms with E-state index in [4.69, 9.17) is 0 Å². The molecule has 2 aliphatic heterocycles. The van der Waals surface area contributed by atoms with Crippen LogP contribution in [-0.4, -0.2) is 63.1 Å². The van der Waals surface area contributed by atoms with Crippen molar-refractivity contribution in [2.24, 2.45) is 12.1 Å². The van der Waals surface area contributed by atoms with Crippen LogP contribution in [0.4, 0.5) is 23.7 Å². The molecule has 0 N–H and O–H groups in total. The molecule has 1 unspecified atom stereocenters. The quantitative estimate of drug-likeness (QED) is 0.567. The summed E-state index contributed by atoms with van der Waals surface area (Å²) in [7, 11) is 1.81. The summed E-state index contributed by atoms with van der Waals surface area (Å²) in [6.07, 6.45) is 4.87. The Hall–Kier alpha value is -3.89. The molecule has 1 aromatic carbocycles. The fourth-order valence-electron chi connectivity index (χ4n) is 4.64. The summed E-state index contributed by atoms with van der Waals surface area (Å²) in [6.45, 7) is 3.43. The topological polar surface area (TPSA) is 69.9 Å². The number of benzene rings is 1. The molecule has 0 bridgehead atoms. The van der Waals surface area contributed by atoms with Crippen LogP contribution in [0.15, 0.2) is 41.8 Å². The molecule has 5 rings (SSSR count). The molecule has 1 atom stereocenters. The predicted molar refractivity (Wildman–Crippen MR) is 124 cm³/mol. The third kappa shape index (κ3) is 4.33. The Balaban J connectivity index is 1.29. The Morgan fingerprint density at radius 1 is 1.00 bits per heavy atom. The molecule has 11 heteroatoms. The Bertz CT molecular complexity index is 1260. The number of piperazine rings is 1. The summed E-state index contributed by atoms with van der Waals surface area (Å²) in [5, 5.41) is 9.65. The van der Waals surface area contributed by atoms with Gasteiger partial charge in [-0.05, 0) is 36.2 Å². The Labute approximate surface area is 200 Å². The fraction of sp³-hybridized carbons (Fsp3) is 0.333. The number of rotatable bonds is 3. The lowest BCUT2D eigenvalue weighted by molar-refractivity contribution is 0.139. The molecule has 0 radical (unpaired) electrons. The van der Waals surface area contributed by atoms with Gasteiger partial charge in [-0.2, -0.15) is 10.2 Å². The number of hydrogen-bond donors (Lipinski definition) is 0. The van der Waals surface area contributed by atoms with Crippen molar-refractivity contribution in [2.75, 3.05) is 31.1 Å². The van der Waals surface area contributed by atoms with Crippen LogP contribution in [0.5, 0.6) is 0 Å². The van der Waals surface area contributed by atoms with Gasteiger partial charge in [-0.1, -0.05) is 0 Å². The maximum absolute atomic E-state index is 14.7. The molecule has 3 aromatic rings. The van der Waals surface area contributed by atoms with Crippen LogP contribution in [0, 0.1) is 24.4 Å². The van der Waals surface area contributed by atoms with Gasteiger partial charge < -0.3 is 9.80 Å². The number of aryl methyl sites for hydroxylation is 2. The van der Waals surface area contributed by atoms with Gasteiger partial charge in [0.2, 0.25) is 0 Å². The second kappa shape index (κ2) is 9.05.